The largest absolute Gasteiger partial charge is 0.368 e. The predicted octanol–water partition coefficient (Wildman–Crippen LogP) is 3.14. The summed E-state index contributed by atoms with van der Waals surface area (Å²) in [5, 5.41) is 0. The molecule has 3 aromatic heterocycles. The predicted molar refractivity (Wildman–Crippen MR) is 100 cm³/mol. The molecule has 3 N–H and O–H groups in total. The molecule has 0 unspecified atom stereocenters. The van der Waals surface area contributed by atoms with E-state index >= 15 is 0 Å². The topological polar surface area (TPSA) is 98.3 Å². The van der Waals surface area contributed by atoms with Crippen molar-refractivity contribution in [2.45, 2.75) is 6.54 Å². The minimum Gasteiger partial charge on any atom is -0.368 e. The molecule has 0 radical (unpaired) electrons. The van der Waals surface area contributed by atoms with E-state index in [1.807, 2.05) is 34.9 Å². The Balaban J connectivity index is 1.61. The van der Waals surface area contributed by atoms with Gasteiger partial charge in [-0.3, -0.25) is 0 Å². The van der Waals surface area contributed by atoms with Crippen molar-refractivity contribution in [3.8, 4) is 11.1 Å². The van der Waals surface area contributed by atoms with Gasteiger partial charge in [-0.25, -0.2) is 19.3 Å². The summed E-state index contributed by atoms with van der Waals surface area (Å²) in [5.74, 6) is 0.539. The van der Waals surface area contributed by atoms with Crippen molar-refractivity contribution < 1.29 is 4.39 Å². The third-order valence-electron chi connectivity index (χ3n) is 4.38. The number of nitrogen functional groups attached to an aromatic ring is 1. The molecule has 0 saturated heterocycles. The van der Waals surface area contributed by atoms with Gasteiger partial charge in [-0.1, -0.05) is 30.3 Å². The lowest BCUT2D eigenvalue weighted by Gasteiger charge is -2.02. The Morgan fingerprint density at radius 3 is 2.78 bits per heavy atom. The third kappa shape index (κ3) is 2.67. The van der Waals surface area contributed by atoms with Gasteiger partial charge in [0.15, 0.2) is 5.65 Å². The van der Waals surface area contributed by atoms with Crippen LogP contribution in [-0.2, 0) is 6.54 Å². The van der Waals surface area contributed by atoms with E-state index in [-0.39, 0.29) is 11.8 Å². The maximum absolute atomic E-state index is 14.1. The van der Waals surface area contributed by atoms with Gasteiger partial charge < -0.3 is 15.3 Å². The first-order valence-corrected chi connectivity index (χ1v) is 8.34. The fourth-order valence-electron chi connectivity index (χ4n) is 3.19. The van der Waals surface area contributed by atoms with Gasteiger partial charge in [-0.2, -0.15) is 4.98 Å². The molecule has 0 aliphatic rings. The number of nitrogens with two attached hydrogens (primary N) is 1. The first-order chi connectivity index (χ1) is 13.2. The highest BCUT2D eigenvalue weighted by atomic mass is 19.1. The zero-order valence-electron chi connectivity index (χ0n) is 14.1. The van der Waals surface area contributed by atoms with Crippen LogP contribution < -0.4 is 5.73 Å². The molecule has 2 aromatic carbocycles. The summed E-state index contributed by atoms with van der Waals surface area (Å²) in [6.45, 7) is 0.400. The molecule has 5 aromatic rings. The molecule has 132 valence electrons. The number of rotatable bonds is 3. The number of nitrogens with one attached hydrogen (secondary N) is 1. The monoisotopic (exact) mass is 359 g/mol. The van der Waals surface area contributed by atoms with Crippen LogP contribution in [0.4, 0.5) is 10.3 Å². The lowest BCUT2D eigenvalue weighted by Crippen LogP contribution is -2.03. The van der Waals surface area contributed by atoms with Crippen LogP contribution in [0.15, 0.2) is 55.0 Å². The summed E-state index contributed by atoms with van der Waals surface area (Å²) in [6, 6.07) is 12.6. The zero-order chi connectivity index (χ0) is 18.4. The minimum absolute atomic E-state index is 0.183. The number of fused-ring (bicyclic) bond motifs is 2. The lowest BCUT2D eigenvalue weighted by atomic mass is 10.0. The van der Waals surface area contributed by atoms with Crippen molar-refractivity contribution in [2.75, 3.05) is 5.73 Å². The second-order valence-corrected chi connectivity index (χ2v) is 6.21. The van der Waals surface area contributed by atoms with Gasteiger partial charge in [0.25, 0.3) is 0 Å². The van der Waals surface area contributed by atoms with Crippen LogP contribution in [-0.4, -0.2) is 29.5 Å². The molecule has 0 saturated carbocycles. The van der Waals surface area contributed by atoms with E-state index in [1.54, 1.807) is 12.5 Å². The van der Waals surface area contributed by atoms with Crippen molar-refractivity contribution >= 4 is 28.1 Å². The second-order valence-electron chi connectivity index (χ2n) is 6.21. The first-order valence-electron chi connectivity index (χ1n) is 8.34. The summed E-state index contributed by atoms with van der Waals surface area (Å²) in [6.07, 6.45) is 3.24. The lowest BCUT2D eigenvalue weighted by molar-refractivity contribution is 0.630. The molecule has 3 heterocycles. The van der Waals surface area contributed by atoms with Crippen LogP contribution >= 0.6 is 0 Å². The molecule has 0 amide bonds. The SMILES string of the molecule is Nc1ncc2ncn(Cc3nc4c(-c5ccccc5)cc(F)cc4[nH]3)c2n1. The molecule has 8 heteroatoms. The highest BCUT2D eigenvalue weighted by Crippen LogP contribution is 2.28. The van der Waals surface area contributed by atoms with Gasteiger partial charge in [0.05, 0.1) is 30.1 Å². The number of aromatic amines is 1. The summed E-state index contributed by atoms with van der Waals surface area (Å²) in [7, 11) is 0. The fraction of sp³-hybridized carbons (Fsp3) is 0.0526. The summed E-state index contributed by atoms with van der Waals surface area (Å²) < 4.78 is 16.0. The van der Waals surface area contributed by atoms with Crippen molar-refractivity contribution in [3.63, 3.8) is 0 Å². The molecule has 0 fully saturated rings. The summed E-state index contributed by atoms with van der Waals surface area (Å²) in [5.41, 5.74) is 9.97. The minimum atomic E-state index is -0.315. The highest BCUT2D eigenvalue weighted by Gasteiger charge is 2.13. The van der Waals surface area contributed by atoms with Gasteiger partial charge in [-0.15, -0.1) is 0 Å². The fourth-order valence-corrected chi connectivity index (χ4v) is 3.19. The molecule has 0 bridgehead atoms. The third-order valence-corrected chi connectivity index (χ3v) is 4.38. The van der Waals surface area contributed by atoms with Crippen molar-refractivity contribution in [1.82, 2.24) is 29.5 Å². The Kier molecular flexibility index (Phi) is 3.36. The van der Waals surface area contributed by atoms with E-state index in [4.69, 9.17) is 5.73 Å². The van der Waals surface area contributed by atoms with Crippen molar-refractivity contribution in [3.05, 3.63) is 66.6 Å². The molecule has 0 aliphatic heterocycles. The Morgan fingerprint density at radius 2 is 1.93 bits per heavy atom. The number of halogens is 1. The second kappa shape index (κ2) is 5.87. The number of hydrogen-bond donors (Lipinski definition) is 2. The molecule has 7 nitrogen and oxygen atoms in total. The van der Waals surface area contributed by atoms with Crippen molar-refractivity contribution in [1.29, 1.82) is 0 Å². The molecule has 5 rings (SSSR count). The van der Waals surface area contributed by atoms with Crippen LogP contribution in [0.2, 0.25) is 0 Å². The van der Waals surface area contributed by atoms with Gasteiger partial charge in [0.1, 0.15) is 17.2 Å². The number of imidazole rings is 2. The zero-order valence-corrected chi connectivity index (χ0v) is 14.1. The standard InChI is InChI=1S/C19H14FN7/c20-12-6-13(11-4-2-1-3-5-11)17-14(7-12)24-16(25-17)9-27-10-23-15-8-22-19(21)26-18(15)27/h1-8,10H,9H2,(H,24,25)(H2,21,22,26). The van der Waals surface area contributed by atoms with Crippen LogP contribution in [0.3, 0.4) is 0 Å². The number of hydrogen-bond acceptors (Lipinski definition) is 5. The van der Waals surface area contributed by atoms with Crippen LogP contribution in [0, 0.1) is 5.82 Å². The average molecular weight is 359 g/mol. The Bertz CT molecular complexity index is 1270. The maximum Gasteiger partial charge on any atom is 0.222 e. The highest BCUT2D eigenvalue weighted by molar-refractivity contribution is 5.92. The van der Waals surface area contributed by atoms with E-state index in [0.29, 0.717) is 29.0 Å². The van der Waals surface area contributed by atoms with Gasteiger partial charge in [-0.05, 0) is 17.7 Å². The van der Waals surface area contributed by atoms with Crippen molar-refractivity contribution in [2.24, 2.45) is 0 Å². The molecular formula is C19H14FN7. The van der Waals surface area contributed by atoms with Crippen LogP contribution in [0.1, 0.15) is 5.82 Å². The maximum atomic E-state index is 14.1. The van der Waals surface area contributed by atoms with Crippen LogP contribution in [0.25, 0.3) is 33.3 Å². The summed E-state index contributed by atoms with van der Waals surface area (Å²) in [4.78, 5) is 20.3. The van der Waals surface area contributed by atoms with E-state index in [9.17, 15) is 4.39 Å². The summed E-state index contributed by atoms with van der Waals surface area (Å²) >= 11 is 0. The molecule has 0 aliphatic carbocycles. The Hall–Kier alpha value is -3.81. The number of nitrogens with zero attached hydrogens (tertiary/aromatic N) is 5. The average Bonchev–Trinajstić information content (AvgIpc) is 3.25. The van der Waals surface area contributed by atoms with E-state index < -0.39 is 0 Å². The first kappa shape index (κ1) is 15.4. The van der Waals surface area contributed by atoms with E-state index in [2.05, 4.69) is 24.9 Å². The number of H-pyrrole nitrogens is 1. The number of aromatic nitrogens is 6. The Morgan fingerprint density at radius 1 is 1.07 bits per heavy atom. The van der Waals surface area contributed by atoms with Crippen LogP contribution in [0.5, 0.6) is 0 Å². The van der Waals surface area contributed by atoms with Gasteiger partial charge >= 0.3 is 0 Å². The molecule has 0 spiro atoms. The molecule has 27 heavy (non-hydrogen) atoms. The smallest absolute Gasteiger partial charge is 0.222 e. The van der Waals surface area contributed by atoms with E-state index in [0.717, 1.165) is 16.6 Å². The normalized spacial score (nSPS) is 11.4. The Labute approximate surface area is 152 Å². The number of anilines is 1. The number of benzene rings is 2. The molecule has 0 atom stereocenters. The van der Waals surface area contributed by atoms with Gasteiger partial charge in [0.2, 0.25) is 5.95 Å². The quantitative estimate of drug-likeness (QED) is 0.516. The van der Waals surface area contributed by atoms with Gasteiger partial charge in [0, 0.05) is 5.56 Å². The molecular weight excluding hydrogens is 345 g/mol. The van der Waals surface area contributed by atoms with E-state index in [1.165, 1.54) is 12.1 Å².